The van der Waals surface area contributed by atoms with Crippen molar-refractivity contribution in [3.8, 4) is 0 Å². The van der Waals surface area contributed by atoms with Gasteiger partial charge in [0.25, 0.3) is 0 Å². The third-order valence-electron chi connectivity index (χ3n) is 2.57. The standard InChI is InChI=1S/C10H17N5O3.ClH/c1-10(2,9(16)12-5-4-11-3)14-7-8(6-13-14)15(17)18;/h6-7,11H,4-5H2,1-3H3,(H,12,16);1H. The van der Waals surface area contributed by atoms with Crippen LogP contribution in [0, 0.1) is 10.1 Å². The summed E-state index contributed by atoms with van der Waals surface area (Å²) in [5.41, 5.74) is -1.10. The van der Waals surface area contributed by atoms with E-state index >= 15 is 0 Å². The predicted octanol–water partition coefficient (Wildman–Crippen LogP) is 0.284. The molecule has 0 radical (unpaired) electrons. The summed E-state index contributed by atoms with van der Waals surface area (Å²) in [6.07, 6.45) is 2.38. The smallest absolute Gasteiger partial charge is 0.307 e. The third kappa shape index (κ3) is 4.18. The third-order valence-corrected chi connectivity index (χ3v) is 2.57. The first-order chi connectivity index (χ1) is 8.39. The monoisotopic (exact) mass is 291 g/mol. The van der Waals surface area contributed by atoms with Gasteiger partial charge in [0.05, 0.1) is 4.92 Å². The highest BCUT2D eigenvalue weighted by Crippen LogP contribution is 2.18. The molecule has 1 rings (SSSR count). The second kappa shape index (κ2) is 7.05. The van der Waals surface area contributed by atoms with Crippen molar-refractivity contribution in [3.05, 3.63) is 22.5 Å². The lowest BCUT2D eigenvalue weighted by Crippen LogP contribution is -2.46. The van der Waals surface area contributed by atoms with Crippen LogP contribution in [0.2, 0.25) is 0 Å². The molecule has 0 saturated carbocycles. The van der Waals surface area contributed by atoms with Crippen LogP contribution in [0.25, 0.3) is 0 Å². The molecule has 1 aromatic heterocycles. The van der Waals surface area contributed by atoms with Crippen molar-refractivity contribution < 1.29 is 9.72 Å². The topological polar surface area (TPSA) is 102 Å². The molecule has 0 spiro atoms. The Labute approximate surface area is 117 Å². The second-order valence-electron chi connectivity index (χ2n) is 4.32. The predicted molar refractivity (Wildman–Crippen MR) is 72.4 cm³/mol. The molecule has 0 bridgehead atoms. The number of nitrogens with zero attached hydrogens (tertiary/aromatic N) is 3. The van der Waals surface area contributed by atoms with E-state index in [1.165, 1.54) is 10.9 Å². The van der Waals surface area contributed by atoms with Gasteiger partial charge in [-0.3, -0.25) is 19.6 Å². The molecule has 108 valence electrons. The van der Waals surface area contributed by atoms with Gasteiger partial charge in [-0.1, -0.05) is 0 Å². The average molecular weight is 292 g/mol. The van der Waals surface area contributed by atoms with E-state index in [2.05, 4.69) is 15.7 Å². The fourth-order valence-electron chi connectivity index (χ4n) is 1.33. The van der Waals surface area contributed by atoms with Crippen LogP contribution in [0.4, 0.5) is 5.69 Å². The van der Waals surface area contributed by atoms with Crippen LogP contribution in [0.15, 0.2) is 12.4 Å². The molecule has 8 nitrogen and oxygen atoms in total. The van der Waals surface area contributed by atoms with Crippen LogP contribution in [-0.4, -0.2) is 40.7 Å². The quantitative estimate of drug-likeness (QED) is 0.445. The minimum absolute atomic E-state index is 0. The Kier molecular flexibility index (Phi) is 6.43. The van der Waals surface area contributed by atoms with E-state index in [1.54, 1.807) is 20.9 Å². The van der Waals surface area contributed by atoms with Gasteiger partial charge in [0.2, 0.25) is 5.91 Å². The second-order valence-corrected chi connectivity index (χ2v) is 4.32. The molecule has 0 aliphatic rings. The van der Waals surface area contributed by atoms with Crippen LogP contribution >= 0.6 is 12.4 Å². The zero-order chi connectivity index (χ0) is 13.8. The van der Waals surface area contributed by atoms with Gasteiger partial charge in [0.1, 0.15) is 17.9 Å². The van der Waals surface area contributed by atoms with Crippen LogP contribution in [0.3, 0.4) is 0 Å². The maximum Gasteiger partial charge on any atom is 0.307 e. The lowest BCUT2D eigenvalue weighted by molar-refractivity contribution is -0.385. The first-order valence-electron chi connectivity index (χ1n) is 5.52. The number of hydrogen-bond acceptors (Lipinski definition) is 5. The van der Waals surface area contributed by atoms with Crippen molar-refractivity contribution in [2.45, 2.75) is 19.4 Å². The average Bonchev–Trinajstić information content (AvgIpc) is 2.79. The summed E-state index contributed by atoms with van der Waals surface area (Å²) >= 11 is 0. The number of rotatable bonds is 6. The summed E-state index contributed by atoms with van der Waals surface area (Å²) in [4.78, 5) is 22.0. The highest BCUT2D eigenvalue weighted by Gasteiger charge is 2.31. The zero-order valence-corrected chi connectivity index (χ0v) is 11.9. The molecule has 0 fully saturated rings. The molecule has 0 atom stereocenters. The Morgan fingerprint density at radius 1 is 1.53 bits per heavy atom. The first-order valence-corrected chi connectivity index (χ1v) is 5.52. The van der Waals surface area contributed by atoms with E-state index in [9.17, 15) is 14.9 Å². The van der Waals surface area contributed by atoms with Crippen molar-refractivity contribution in [1.29, 1.82) is 0 Å². The summed E-state index contributed by atoms with van der Waals surface area (Å²) < 4.78 is 1.29. The largest absolute Gasteiger partial charge is 0.353 e. The fourth-order valence-corrected chi connectivity index (χ4v) is 1.33. The van der Waals surface area contributed by atoms with E-state index in [1.807, 2.05) is 0 Å². The van der Waals surface area contributed by atoms with Gasteiger partial charge in [-0.25, -0.2) is 0 Å². The number of nitrogens with one attached hydrogen (secondary N) is 2. The van der Waals surface area contributed by atoms with Crippen LogP contribution in [-0.2, 0) is 10.3 Å². The van der Waals surface area contributed by atoms with Gasteiger partial charge in [-0.2, -0.15) is 5.10 Å². The summed E-state index contributed by atoms with van der Waals surface area (Å²) in [7, 11) is 1.79. The van der Waals surface area contributed by atoms with Crippen molar-refractivity contribution in [2.75, 3.05) is 20.1 Å². The highest BCUT2D eigenvalue weighted by atomic mass is 35.5. The summed E-state index contributed by atoms with van der Waals surface area (Å²) in [6, 6.07) is 0. The number of carbonyl (C=O) groups excluding carboxylic acids is 1. The zero-order valence-electron chi connectivity index (χ0n) is 11.0. The van der Waals surface area contributed by atoms with E-state index in [-0.39, 0.29) is 24.0 Å². The van der Waals surface area contributed by atoms with E-state index in [4.69, 9.17) is 0 Å². The molecule has 19 heavy (non-hydrogen) atoms. The summed E-state index contributed by atoms with van der Waals surface area (Å²) in [6.45, 7) is 4.44. The molecular weight excluding hydrogens is 274 g/mol. The maximum absolute atomic E-state index is 11.9. The van der Waals surface area contributed by atoms with Gasteiger partial charge in [0, 0.05) is 13.1 Å². The van der Waals surface area contributed by atoms with Gasteiger partial charge >= 0.3 is 5.69 Å². The number of carbonyl (C=O) groups is 1. The Hall–Kier alpha value is -1.67. The Balaban J connectivity index is 0.00000324. The molecule has 1 amide bonds. The van der Waals surface area contributed by atoms with Crippen molar-refractivity contribution in [1.82, 2.24) is 20.4 Å². The molecule has 0 aromatic carbocycles. The molecule has 0 aliphatic heterocycles. The fraction of sp³-hybridized carbons (Fsp3) is 0.600. The molecule has 9 heteroatoms. The minimum atomic E-state index is -0.970. The molecule has 2 N–H and O–H groups in total. The lowest BCUT2D eigenvalue weighted by Gasteiger charge is -2.23. The van der Waals surface area contributed by atoms with Crippen molar-refractivity contribution in [2.24, 2.45) is 0 Å². The molecule has 0 unspecified atom stereocenters. The van der Waals surface area contributed by atoms with Gasteiger partial charge in [-0.15, -0.1) is 12.4 Å². The first kappa shape index (κ1) is 17.3. The normalized spacial score (nSPS) is 10.7. The Morgan fingerprint density at radius 3 is 2.63 bits per heavy atom. The maximum atomic E-state index is 11.9. The van der Waals surface area contributed by atoms with E-state index in [0.29, 0.717) is 13.1 Å². The minimum Gasteiger partial charge on any atom is -0.353 e. The molecule has 1 aromatic rings. The number of halogens is 1. The van der Waals surface area contributed by atoms with Crippen molar-refractivity contribution in [3.63, 3.8) is 0 Å². The number of likely N-dealkylation sites (N-methyl/N-ethyl adjacent to an activating group) is 1. The number of amides is 1. The Morgan fingerprint density at radius 2 is 2.16 bits per heavy atom. The van der Waals surface area contributed by atoms with E-state index in [0.717, 1.165) is 6.20 Å². The van der Waals surface area contributed by atoms with Crippen molar-refractivity contribution >= 4 is 24.0 Å². The molecule has 1 heterocycles. The lowest BCUT2D eigenvalue weighted by atomic mass is 10.1. The van der Waals surface area contributed by atoms with Crippen LogP contribution < -0.4 is 10.6 Å². The number of nitro groups is 1. The molecular formula is C10H18ClN5O3. The van der Waals surface area contributed by atoms with Crippen LogP contribution in [0.5, 0.6) is 0 Å². The summed E-state index contributed by atoms with van der Waals surface area (Å²) in [5.74, 6) is -0.240. The van der Waals surface area contributed by atoms with Crippen LogP contribution in [0.1, 0.15) is 13.8 Å². The molecule has 0 saturated heterocycles. The molecule has 0 aliphatic carbocycles. The SMILES string of the molecule is CNCCNC(=O)C(C)(C)n1cc([N+](=O)[O-])cn1.Cl. The van der Waals surface area contributed by atoms with E-state index < -0.39 is 10.5 Å². The highest BCUT2D eigenvalue weighted by molar-refractivity contribution is 5.85. The Bertz CT molecular complexity index is 446. The van der Waals surface area contributed by atoms with Gasteiger partial charge < -0.3 is 10.6 Å². The van der Waals surface area contributed by atoms with Gasteiger partial charge in [-0.05, 0) is 20.9 Å². The number of hydrogen-bond donors (Lipinski definition) is 2. The summed E-state index contributed by atoms with van der Waals surface area (Å²) in [5, 5.41) is 20.1. The number of aromatic nitrogens is 2. The van der Waals surface area contributed by atoms with Gasteiger partial charge in [0.15, 0.2) is 0 Å².